The molecule has 116 valence electrons. The van der Waals surface area contributed by atoms with Crippen molar-refractivity contribution >= 4 is 23.3 Å². The van der Waals surface area contributed by atoms with Crippen LogP contribution in [0.3, 0.4) is 0 Å². The van der Waals surface area contributed by atoms with Crippen LogP contribution in [-0.2, 0) is 6.54 Å². The maximum absolute atomic E-state index is 12.1. The summed E-state index contributed by atoms with van der Waals surface area (Å²) in [6.45, 7) is 6.28. The van der Waals surface area contributed by atoms with E-state index in [4.69, 9.17) is 5.11 Å². The summed E-state index contributed by atoms with van der Waals surface area (Å²) in [7, 11) is 0. The van der Waals surface area contributed by atoms with Crippen LogP contribution in [0.2, 0.25) is 0 Å². The number of nitrogens with zero attached hydrogens (tertiary/aromatic N) is 2. The highest BCUT2D eigenvalue weighted by Gasteiger charge is 2.30. The molecule has 0 aliphatic carbocycles. The molecule has 0 radical (unpaired) electrons. The van der Waals surface area contributed by atoms with Crippen LogP contribution in [0.1, 0.15) is 48.6 Å². The molecule has 0 saturated carbocycles. The first kappa shape index (κ1) is 15.8. The van der Waals surface area contributed by atoms with Crippen LogP contribution in [-0.4, -0.2) is 40.1 Å². The monoisotopic (exact) mass is 311 g/mol. The zero-order valence-corrected chi connectivity index (χ0v) is 13.2. The van der Waals surface area contributed by atoms with Gasteiger partial charge in [0.05, 0.1) is 6.54 Å². The number of carboxylic acid groups (broad SMARTS) is 1. The molecule has 0 unspecified atom stereocenters. The lowest BCUT2D eigenvalue weighted by molar-refractivity contribution is 0.0691. The molecule has 1 saturated heterocycles. The summed E-state index contributed by atoms with van der Waals surface area (Å²) in [5, 5.41) is 13.7. The normalized spacial score (nSPS) is 17.5. The molecule has 1 aliphatic heterocycles. The van der Waals surface area contributed by atoms with E-state index >= 15 is 0 Å². The van der Waals surface area contributed by atoms with Crippen LogP contribution in [0.4, 0.5) is 4.79 Å². The van der Waals surface area contributed by atoms with Gasteiger partial charge in [0.2, 0.25) is 0 Å². The quantitative estimate of drug-likeness (QED) is 0.895. The van der Waals surface area contributed by atoms with Gasteiger partial charge >= 0.3 is 12.0 Å². The van der Waals surface area contributed by atoms with Gasteiger partial charge in [0.15, 0.2) is 5.69 Å². The Bertz CT molecular complexity index is 521. The number of aromatic nitrogens is 1. The predicted molar refractivity (Wildman–Crippen MR) is 80.5 cm³/mol. The van der Waals surface area contributed by atoms with E-state index in [1.807, 2.05) is 4.90 Å². The summed E-state index contributed by atoms with van der Waals surface area (Å²) >= 11 is 1.24. The Morgan fingerprint density at radius 3 is 2.67 bits per heavy atom. The van der Waals surface area contributed by atoms with Crippen molar-refractivity contribution in [3.8, 4) is 0 Å². The zero-order chi connectivity index (χ0) is 15.5. The SMILES string of the molecule is CCC1(C)CCN(C(=O)NCc2nc(C(=O)O)cs2)CC1. The molecule has 6 nitrogen and oxygen atoms in total. The second-order valence-electron chi connectivity index (χ2n) is 5.74. The molecule has 2 heterocycles. The summed E-state index contributed by atoms with van der Waals surface area (Å²) in [4.78, 5) is 28.6. The third-order valence-electron chi connectivity index (χ3n) is 4.27. The second-order valence-corrected chi connectivity index (χ2v) is 6.68. The minimum Gasteiger partial charge on any atom is -0.476 e. The second kappa shape index (κ2) is 6.43. The van der Waals surface area contributed by atoms with E-state index in [-0.39, 0.29) is 18.3 Å². The first-order valence-electron chi connectivity index (χ1n) is 7.14. The number of hydrogen-bond donors (Lipinski definition) is 2. The molecule has 1 aromatic heterocycles. The summed E-state index contributed by atoms with van der Waals surface area (Å²) in [6.07, 6.45) is 3.19. The number of hydrogen-bond acceptors (Lipinski definition) is 4. The van der Waals surface area contributed by atoms with Crippen molar-refractivity contribution in [2.45, 2.75) is 39.7 Å². The molecule has 2 N–H and O–H groups in total. The van der Waals surface area contributed by atoms with Crippen molar-refractivity contribution in [1.29, 1.82) is 0 Å². The number of carbonyl (C=O) groups excluding carboxylic acids is 1. The predicted octanol–water partition coefficient (Wildman–Crippen LogP) is 2.56. The van der Waals surface area contributed by atoms with Crippen LogP contribution in [0.25, 0.3) is 0 Å². The number of carboxylic acids is 1. The zero-order valence-electron chi connectivity index (χ0n) is 12.4. The molecule has 2 rings (SSSR count). The summed E-state index contributed by atoms with van der Waals surface area (Å²) in [5.74, 6) is -1.04. The number of aromatic carboxylic acids is 1. The molecule has 1 aromatic rings. The van der Waals surface area contributed by atoms with Crippen molar-refractivity contribution in [2.24, 2.45) is 5.41 Å². The molecule has 2 amide bonds. The molecule has 0 atom stereocenters. The molecular weight excluding hydrogens is 290 g/mol. The van der Waals surface area contributed by atoms with Crippen LogP contribution in [0, 0.1) is 5.41 Å². The number of urea groups is 1. The van der Waals surface area contributed by atoms with Gasteiger partial charge in [-0.2, -0.15) is 0 Å². The number of likely N-dealkylation sites (tertiary alicyclic amines) is 1. The van der Waals surface area contributed by atoms with Crippen LogP contribution >= 0.6 is 11.3 Å². The van der Waals surface area contributed by atoms with Crippen LogP contribution in [0.15, 0.2) is 5.38 Å². The van der Waals surface area contributed by atoms with Gasteiger partial charge in [0.25, 0.3) is 0 Å². The number of piperidine rings is 1. The lowest BCUT2D eigenvalue weighted by Crippen LogP contribution is -2.46. The standard InChI is InChI=1S/C14H21N3O3S/c1-3-14(2)4-6-17(7-5-14)13(20)15-8-11-16-10(9-21-11)12(18)19/h9H,3-8H2,1-2H3,(H,15,20)(H,18,19). The molecule has 1 aliphatic rings. The molecule has 0 bridgehead atoms. The first-order valence-corrected chi connectivity index (χ1v) is 8.02. The topological polar surface area (TPSA) is 82.5 Å². The van der Waals surface area contributed by atoms with E-state index in [9.17, 15) is 9.59 Å². The highest BCUT2D eigenvalue weighted by Crippen LogP contribution is 2.33. The van der Waals surface area contributed by atoms with Crippen molar-refractivity contribution in [1.82, 2.24) is 15.2 Å². The molecule has 7 heteroatoms. The van der Waals surface area contributed by atoms with E-state index in [2.05, 4.69) is 24.1 Å². The Balaban J connectivity index is 1.81. The number of rotatable bonds is 4. The average Bonchev–Trinajstić information content (AvgIpc) is 2.95. The fourth-order valence-corrected chi connectivity index (χ4v) is 3.06. The van der Waals surface area contributed by atoms with Gasteiger partial charge in [-0.15, -0.1) is 11.3 Å². The first-order chi connectivity index (χ1) is 9.93. The van der Waals surface area contributed by atoms with E-state index in [0.717, 1.165) is 32.4 Å². The minimum atomic E-state index is -1.04. The van der Waals surface area contributed by atoms with Gasteiger partial charge in [-0.1, -0.05) is 20.3 Å². The largest absolute Gasteiger partial charge is 0.476 e. The lowest BCUT2D eigenvalue weighted by atomic mass is 9.78. The lowest BCUT2D eigenvalue weighted by Gasteiger charge is -2.38. The fraction of sp³-hybridized carbons (Fsp3) is 0.643. The highest BCUT2D eigenvalue weighted by molar-refractivity contribution is 7.09. The van der Waals surface area contributed by atoms with Gasteiger partial charge in [-0.3, -0.25) is 0 Å². The van der Waals surface area contributed by atoms with Gasteiger partial charge in [0, 0.05) is 18.5 Å². The Morgan fingerprint density at radius 2 is 2.14 bits per heavy atom. The summed E-state index contributed by atoms with van der Waals surface area (Å²) in [6, 6.07) is -0.0970. The Hall–Kier alpha value is -1.63. The van der Waals surface area contributed by atoms with Gasteiger partial charge in [-0.25, -0.2) is 14.6 Å². The van der Waals surface area contributed by atoms with E-state index in [0.29, 0.717) is 10.4 Å². The van der Waals surface area contributed by atoms with Crippen LogP contribution in [0.5, 0.6) is 0 Å². The smallest absolute Gasteiger partial charge is 0.355 e. The molecular formula is C14H21N3O3S. The molecule has 1 fully saturated rings. The fourth-order valence-electron chi connectivity index (χ4n) is 2.36. The molecule has 0 spiro atoms. The summed E-state index contributed by atoms with van der Waals surface area (Å²) in [5.41, 5.74) is 0.378. The van der Waals surface area contributed by atoms with E-state index < -0.39 is 5.97 Å². The van der Waals surface area contributed by atoms with E-state index in [1.165, 1.54) is 16.7 Å². The summed E-state index contributed by atoms with van der Waals surface area (Å²) < 4.78 is 0. The van der Waals surface area contributed by atoms with E-state index in [1.54, 1.807) is 0 Å². The third kappa shape index (κ3) is 3.93. The number of nitrogens with one attached hydrogen (secondary N) is 1. The number of carbonyl (C=O) groups is 2. The van der Waals surface area contributed by atoms with Crippen molar-refractivity contribution in [3.63, 3.8) is 0 Å². The Kier molecular flexibility index (Phi) is 4.82. The Labute approximate surface area is 128 Å². The maximum atomic E-state index is 12.1. The highest BCUT2D eigenvalue weighted by atomic mass is 32.1. The third-order valence-corrected chi connectivity index (χ3v) is 5.12. The van der Waals surface area contributed by atoms with Gasteiger partial charge < -0.3 is 15.3 Å². The number of amides is 2. The average molecular weight is 311 g/mol. The van der Waals surface area contributed by atoms with Crippen molar-refractivity contribution in [3.05, 3.63) is 16.1 Å². The molecule has 21 heavy (non-hydrogen) atoms. The number of thiazole rings is 1. The van der Waals surface area contributed by atoms with Gasteiger partial charge in [0.1, 0.15) is 5.01 Å². The van der Waals surface area contributed by atoms with Crippen molar-refractivity contribution in [2.75, 3.05) is 13.1 Å². The van der Waals surface area contributed by atoms with Crippen LogP contribution < -0.4 is 5.32 Å². The Morgan fingerprint density at radius 1 is 1.48 bits per heavy atom. The van der Waals surface area contributed by atoms with Crippen molar-refractivity contribution < 1.29 is 14.7 Å². The maximum Gasteiger partial charge on any atom is 0.355 e. The van der Waals surface area contributed by atoms with Gasteiger partial charge in [-0.05, 0) is 18.3 Å². The minimum absolute atomic E-state index is 0.0286. The molecule has 0 aromatic carbocycles.